The first kappa shape index (κ1) is 20.2. The second kappa shape index (κ2) is 9.08. The van der Waals surface area contributed by atoms with Crippen LogP contribution in [0, 0.1) is 5.82 Å². The number of fused-ring (bicyclic) bond motifs is 1. The van der Waals surface area contributed by atoms with Crippen molar-refractivity contribution in [2.45, 2.75) is 25.8 Å². The number of halogens is 1. The molecule has 1 aliphatic heterocycles. The van der Waals surface area contributed by atoms with E-state index in [4.69, 9.17) is 5.11 Å². The van der Waals surface area contributed by atoms with Gasteiger partial charge in [0.25, 0.3) is 0 Å². The topological polar surface area (TPSA) is 67.8 Å². The van der Waals surface area contributed by atoms with Crippen LogP contribution < -0.4 is 10.6 Å². The molecule has 1 fully saturated rings. The second-order valence-corrected chi connectivity index (χ2v) is 7.37. The van der Waals surface area contributed by atoms with Gasteiger partial charge in [-0.2, -0.15) is 0 Å². The van der Waals surface area contributed by atoms with Crippen LogP contribution in [0.15, 0.2) is 48.7 Å². The molecule has 0 amide bonds. The van der Waals surface area contributed by atoms with Gasteiger partial charge in [0.05, 0.1) is 0 Å². The number of nitrogens with zero attached hydrogens (tertiary/aromatic N) is 1. The van der Waals surface area contributed by atoms with E-state index in [0.717, 1.165) is 61.5 Å². The molecule has 1 aliphatic carbocycles. The van der Waals surface area contributed by atoms with Gasteiger partial charge in [0.1, 0.15) is 17.3 Å². The minimum Gasteiger partial charge on any atom is -0.508 e. The normalized spacial score (nSPS) is 18.7. The lowest BCUT2D eigenvalue weighted by atomic mass is 10.1. The highest BCUT2D eigenvalue weighted by Gasteiger charge is 2.29. The summed E-state index contributed by atoms with van der Waals surface area (Å²) >= 11 is 0. The summed E-state index contributed by atoms with van der Waals surface area (Å²) in [5.41, 5.74) is 3.63. The number of piperazine rings is 1. The van der Waals surface area contributed by atoms with Crippen LogP contribution in [0.2, 0.25) is 0 Å². The van der Waals surface area contributed by atoms with E-state index < -0.39 is 0 Å². The highest BCUT2D eigenvalue weighted by Crippen LogP contribution is 2.33. The SMILES string of the molecule is C=C(C)Nc1cccc(O)c1.Oc1cc(F)cc2c1CC(N1CCNCC1)C2. The molecule has 150 valence electrons. The summed E-state index contributed by atoms with van der Waals surface area (Å²) in [6, 6.07) is 10.1. The molecule has 1 unspecified atom stereocenters. The number of phenols is 2. The van der Waals surface area contributed by atoms with Crippen LogP contribution in [0.3, 0.4) is 0 Å². The van der Waals surface area contributed by atoms with Crippen molar-refractivity contribution in [1.82, 2.24) is 10.2 Å². The van der Waals surface area contributed by atoms with Gasteiger partial charge in [-0.25, -0.2) is 4.39 Å². The molecule has 2 aliphatic rings. The average Bonchev–Trinajstić information content (AvgIpc) is 3.07. The smallest absolute Gasteiger partial charge is 0.127 e. The van der Waals surface area contributed by atoms with Gasteiger partial charge in [0.2, 0.25) is 0 Å². The lowest BCUT2D eigenvalue weighted by Gasteiger charge is -2.32. The van der Waals surface area contributed by atoms with Crippen molar-refractivity contribution in [3.63, 3.8) is 0 Å². The quantitative estimate of drug-likeness (QED) is 0.653. The minimum atomic E-state index is -0.331. The molecule has 0 saturated carbocycles. The van der Waals surface area contributed by atoms with Crippen molar-refractivity contribution >= 4 is 5.69 Å². The van der Waals surface area contributed by atoms with Gasteiger partial charge >= 0.3 is 0 Å². The summed E-state index contributed by atoms with van der Waals surface area (Å²) in [5.74, 6) is 0.0519. The van der Waals surface area contributed by atoms with E-state index in [1.54, 1.807) is 24.3 Å². The molecule has 0 aromatic heterocycles. The Morgan fingerprint density at radius 3 is 2.61 bits per heavy atom. The maximum atomic E-state index is 13.2. The molecule has 2 aromatic carbocycles. The van der Waals surface area contributed by atoms with Crippen LogP contribution in [0.1, 0.15) is 18.1 Å². The summed E-state index contributed by atoms with van der Waals surface area (Å²) in [6.45, 7) is 9.68. The summed E-state index contributed by atoms with van der Waals surface area (Å²) in [7, 11) is 0. The zero-order valence-electron chi connectivity index (χ0n) is 16.2. The van der Waals surface area contributed by atoms with Gasteiger partial charge in [-0.3, -0.25) is 4.90 Å². The zero-order chi connectivity index (χ0) is 20.1. The number of hydrogen-bond acceptors (Lipinski definition) is 5. The molecule has 1 heterocycles. The fourth-order valence-corrected chi connectivity index (χ4v) is 3.79. The summed E-state index contributed by atoms with van der Waals surface area (Å²) in [4.78, 5) is 2.44. The largest absolute Gasteiger partial charge is 0.508 e. The zero-order valence-corrected chi connectivity index (χ0v) is 16.2. The van der Waals surface area contributed by atoms with E-state index in [2.05, 4.69) is 22.1 Å². The molecular formula is C22H28FN3O2. The number of aromatic hydroxyl groups is 2. The monoisotopic (exact) mass is 385 g/mol. The van der Waals surface area contributed by atoms with E-state index in [0.29, 0.717) is 6.04 Å². The maximum absolute atomic E-state index is 13.2. The number of nitrogens with one attached hydrogen (secondary N) is 2. The molecule has 0 radical (unpaired) electrons. The third kappa shape index (κ3) is 5.24. The van der Waals surface area contributed by atoms with Crippen LogP contribution in [-0.4, -0.2) is 47.3 Å². The molecule has 28 heavy (non-hydrogen) atoms. The Balaban J connectivity index is 0.000000178. The third-order valence-corrected chi connectivity index (χ3v) is 5.05. The van der Waals surface area contributed by atoms with Crippen molar-refractivity contribution in [2.24, 2.45) is 0 Å². The third-order valence-electron chi connectivity index (χ3n) is 5.05. The van der Waals surface area contributed by atoms with Gasteiger partial charge in [-0.05, 0) is 49.1 Å². The van der Waals surface area contributed by atoms with Gasteiger partial charge in [0, 0.05) is 55.7 Å². The molecule has 5 nitrogen and oxygen atoms in total. The lowest BCUT2D eigenvalue weighted by Crippen LogP contribution is -2.48. The van der Waals surface area contributed by atoms with Crippen LogP contribution >= 0.6 is 0 Å². The summed E-state index contributed by atoms with van der Waals surface area (Å²) < 4.78 is 13.2. The first-order valence-electron chi connectivity index (χ1n) is 9.59. The molecule has 4 rings (SSSR count). The van der Waals surface area contributed by atoms with E-state index >= 15 is 0 Å². The van der Waals surface area contributed by atoms with Crippen molar-refractivity contribution in [3.8, 4) is 11.5 Å². The lowest BCUT2D eigenvalue weighted by molar-refractivity contribution is 0.177. The molecule has 1 saturated heterocycles. The molecular weight excluding hydrogens is 357 g/mol. The predicted molar refractivity (Wildman–Crippen MR) is 110 cm³/mol. The fraction of sp³-hybridized carbons (Fsp3) is 0.364. The molecule has 0 spiro atoms. The molecule has 6 heteroatoms. The Bertz CT molecular complexity index is 835. The highest BCUT2D eigenvalue weighted by molar-refractivity contribution is 5.50. The van der Waals surface area contributed by atoms with Gasteiger partial charge < -0.3 is 20.8 Å². The van der Waals surface area contributed by atoms with E-state index in [-0.39, 0.29) is 17.3 Å². The summed E-state index contributed by atoms with van der Waals surface area (Å²) in [6.07, 6.45) is 1.71. The number of phenolic OH excluding ortho intramolecular Hbond substituents is 2. The average molecular weight is 385 g/mol. The van der Waals surface area contributed by atoms with Crippen molar-refractivity contribution in [3.05, 3.63) is 65.6 Å². The van der Waals surface area contributed by atoms with Gasteiger partial charge in [-0.15, -0.1) is 0 Å². The van der Waals surface area contributed by atoms with Gasteiger partial charge in [-0.1, -0.05) is 12.6 Å². The number of allylic oxidation sites excluding steroid dienone is 1. The Labute approximate surface area is 165 Å². The van der Waals surface area contributed by atoms with Crippen LogP contribution in [0.4, 0.5) is 10.1 Å². The number of benzene rings is 2. The summed E-state index contributed by atoms with van der Waals surface area (Å²) in [5, 5.41) is 25.1. The molecule has 2 aromatic rings. The Morgan fingerprint density at radius 2 is 1.93 bits per heavy atom. The number of anilines is 1. The number of hydrogen-bond donors (Lipinski definition) is 4. The van der Waals surface area contributed by atoms with E-state index in [1.807, 2.05) is 13.0 Å². The first-order valence-corrected chi connectivity index (χ1v) is 9.59. The predicted octanol–water partition coefficient (Wildman–Crippen LogP) is 3.24. The fourth-order valence-electron chi connectivity index (χ4n) is 3.79. The van der Waals surface area contributed by atoms with Crippen LogP contribution in [0.5, 0.6) is 11.5 Å². The highest BCUT2D eigenvalue weighted by atomic mass is 19.1. The first-order chi connectivity index (χ1) is 13.4. The molecule has 0 bridgehead atoms. The van der Waals surface area contributed by atoms with Crippen LogP contribution in [-0.2, 0) is 12.8 Å². The minimum absolute atomic E-state index is 0.123. The Kier molecular flexibility index (Phi) is 6.54. The molecule has 4 N–H and O–H groups in total. The Hall–Kier alpha value is -2.57. The second-order valence-electron chi connectivity index (χ2n) is 7.37. The number of rotatable bonds is 3. The standard InChI is InChI=1S/C13H17FN2O.C9H11NO/c14-10-5-9-6-11(8-12(9)13(17)7-10)16-3-1-15-2-4-16;1-7(2)10-8-4-3-5-9(11)6-8/h5,7,11,15,17H,1-4,6,8H2;3-6,10-11H,1H2,2H3. The van der Waals surface area contributed by atoms with Crippen LogP contribution in [0.25, 0.3) is 0 Å². The van der Waals surface area contributed by atoms with E-state index in [1.165, 1.54) is 6.07 Å². The van der Waals surface area contributed by atoms with Crippen molar-refractivity contribution in [2.75, 3.05) is 31.5 Å². The van der Waals surface area contributed by atoms with E-state index in [9.17, 15) is 9.50 Å². The molecule has 1 atom stereocenters. The van der Waals surface area contributed by atoms with Crippen molar-refractivity contribution < 1.29 is 14.6 Å². The maximum Gasteiger partial charge on any atom is 0.127 e. The van der Waals surface area contributed by atoms with Crippen molar-refractivity contribution in [1.29, 1.82) is 0 Å². The Morgan fingerprint density at radius 1 is 1.18 bits per heavy atom. The van der Waals surface area contributed by atoms with Gasteiger partial charge in [0.15, 0.2) is 0 Å².